The molecule has 1 fully saturated rings. The summed E-state index contributed by atoms with van der Waals surface area (Å²) in [6.07, 6.45) is 6.27. The zero-order valence-electron chi connectivity index (χ0n) is 12.0. The lowest BCUT2D eigenvalue weighted by Crippen LogP contribution is -2.44. The van der Waals surface area contributed by atoms with E-state index in [0.29, 0.717) is 18.2 Å². The van der Waals surface area contributed by atoms with Crippen molar-refractivity contribution in [2.75, 3.05) is 6.54 Å². The minimum atomic E-state index is -0.185. The van der Waals surface area contributed by atoms with Crippen LogP contribution in [0.4, 0.5) is 0 Å². The van der Waals surface area contributed by atoms with Gasteiger partial charge in [-0.05, 0) is 30.9 Å². The number of hydrogen-bond acceptors (Lipinski definition) is 4. The number of para-hydroxylation sites is 2. The lowest BCUT2D eigenvalue weighted by Gasteiger charge is -2.22. The highest BCUT2D eigenvalue weighted by Crippen LogP contribution is 2.27. The average Bonchev–Trinajstić information content (AvgIpc) is 3.06. The van der Waals surface area contributed by atoms with Gasteiger partial charge >= 0.3 is 0 Å². The maximum Gasteiger partial charge on any atom is 0.271 e. The summed E-state index contributed by atoms with van der Waals surface area (Å²) in [6.45, 7) is 0.470. The first-order valence-corrected chi connectivity index (χ1v) is 7.50. The Kier molecular flexibility index (Phi) is 4.10. The zero-order chi connectivity index (χ0) is 14.7. The summed E-state index contributed by atoms with van der Waals surface area (Å²) >= 11 is 0. The summed E-state index contributed by atoms with van der Waals surface area (Å²) in [4.78, 5) is 21.0. The van der Waals surface area contributed by atoms with E-state index < -0.39 is 0 Å². The molecule has 1 aromatic heterocycles. The second-order valence-corrected chi connectivity index (χ2v) is 5.60. The predicted octanol–water partition coefficient (Wildman–Crippen LogP) is 1.88. The molecule has 1 amide bonds. The van der Waals surface area contributed by atoms with Crippen molar-refractivity contribution in [1.82, 2.24) is 15.3 Å². The van der Waals surface area contributed by atoms with Crippen molar-refractivity contribution in [2.45, 2.75) is 31.7 Å². The molecule has 1 unspecified atom stereocenters. The topological polar surface area (TPSA) is 80.9 Å². The summed E-state index contributed by atoms with van der Waals surface area (Å²) in [6, 6.07) is 7.57. The number of nitrogens with one attached hydrogen (secondary N) is 1. The molecule has 1 saturated carbocycles. The molecule has 0 aliphatic heterocycles. The van der Waals surface area contributed by atoms with Gasteiger partial charge in [-0.3, -0.25) is 9.78 Å². The molecule has 21 heavy (non-hydrogen) atoms. The van der Waals surface area contributed by atoms with E-state index in [0.717, 1.165) is 23.9 Å². The molecule has 1 heterocycles. The molecule has 3 N–H and O–H groups in total. The fourth-order valence-electron chi connectivity index (χ4n) is 3.04. The summed E-state index contributed by atoms with van der Waals surface area (Å²) in [5.41, 5.74) is 7.69. The lowest BCUT2D eigenvalue weighted by atomic mass is 9.98. The highest BCUT2D eigenvalue weighted by molar-refractivity contribution is 5.93. The minimum Gasteiger partial charge on any atom is -0.346 e. The Labute approximate surface area is 124 Å². The number of nitrogens with zero attached hydrogens (tertiary/aromatic N) is 2. The number of nitrogens with two attached hydrogens (primary N) is 1. The summed E-state index contributed by atoms with van der Waals surface area (Å²) in [7, 11) is 0. The summed E-state index contributed by atoms with van der Waals surface area (Å²) < 4.78 is 0. The lowest BCUT2D eigenvalue weighted by molar-refractivity contribution is 0.0919. The first-order chi connectivity index (χ1) is 10.3. The number of fused-ring (bicyclic) bond motifs is 1. The van der Waals surface area contributed by atoms with Gasteiger partial charge in [0.25, 0.3) is 5.91 Å². The van der Waals surface area contributed by atoms with Crippen LogP contribution in [0.2, 0.25) is 0 Å². The van der Waals surface area contributed by atoms with Crippen LogP contribution in [-0.2, 0) is 0 Å². The molecular weight excluding hydrogens is 264 g/mol. The first-order valence-electron chi connectivity index (χ1n) is 7.50. The summed E-state index contributed by atoms with van der Waals surface area (Å²) in [5.74, 6) is 0.308. The monoisotopic (exact) mass is 284 g/mol. The third-order valence-electron chi connectivity index (χ3n) is 4.22. The van der Waals surface area contributed by atoms with Crippen LogP contribution < -0.4 is 11.1 Å². The molecule has 1 atom stereocenters. The van der Waals surface area contributed by atoms with E-state index in [1.54, 1.807) is 0 Å². The SMILES string of the molecule is NCC(NC(=O)c1cnc2ccccc2n1)C1CCCC1. The van der Waals surface area contributed by atoms with Crippen LogP contribution in [0.3, 0.4) is 0 Å². The van der Waals surface area contributed by atoms with Crippen molar-refractivity contribution in [3.05, 3.63) is 36.2 Å². The standard InChI is InChI=1S/C16H20N4O/c17-9-14(11-5-1-2-6-11)20-16(21)15-10-18-12-7-3-4-8-13(12)19-15/h3-4,7-8,10-11,14H,1-2,5-6,9,17H2,(H,20,21). The van der Waals surface area contributed by atoms with Gasteiger partial charge in [-0.1, -0.05) is 25.0 Å². The highest BCUT2D eigenvalue weighted by Gasteiger charge is 2.26. The van der Waals surface area contributed by atoms with E-state index in [1.165, 1.54) is 19.0 Å². The van der Waals surface area contributed by atoms with E-state index in [-0.39, 0.29) is 11.9 Å². The fraction of sp³-hybridized carbons (Fsp3) is 0.438. The fourth-order valence-corrected chi connectivity index (χ4v) is 3.04. The van der Waals surface area contributed by atoms with Gasteiger partial charge in [0.1, 0.15) is 5.69 Å². The van der Waals surface area contributed by atoms with Gasteiger partial charge in [0.15, 0.2) is 0 Å². The quantitative estimate of drug-likeness (QED) is 0.898. The molecule has 1 aliphatic carbocycles. The van der Waals surface area contributed by atoms with Gasteiger partial charge in [0, 0.05) is 12.6 Å². The number of benzene rings is 1. The Bertz CT molecular complexity index is 637. The second kappa shape index (κ2) is 6.18. The van der Waals surface area contributed by atoms with Crippen molar-refractivity contribution in [2.24, 2.45) is 11.7 Å². The number of aromatic nitrogens is 2. The normalized spacial score (nSPS) is 17.0. The third kappa shape index (κ3) is 3.03. The maximum atomic E-state index is 12.3. The molecule has 0 bridgehead atoms. The molecule has 110 valence electrons. The van der Waals surface area contributed by atoms with E-state index in [2.05, 4.69) is 15.3 Å². The van der Waals surface area contributed by atoms with Crippen molar-refractivity contribution in [3.63, 3.8) is 0 Å². The molecule has 0 saturated heterocycles. The Hall–Kier alpha value is -2.01. The second-order valence-electron chi connectivity index (χ2n) is 5.60. The van der Waals surface area contributed by atoms with Gasteiger partial charge in [-0.25, -0.2) is 4.98 Å². The number of amides is 1. The minimum absolute atomic E-state index is 0.0354. The van der Waals surface area contributed by atoms with E-state index in [1.807, 2.05) is 24.3 Å². The van der Waals surface area contributed by atoms with Gasteiger partial charge in [-0.2, -0.15) is 0 Å². The Morgan fingerprint density at radius 2 is 2.00 bits per heavy atom. The Balaban J connectivity index is 1.76. The molecule has 0 radical (unpaired) electrons. The number of carbonyl (C=O) groups excluding carboxylic acids is 1. The van der Waals surface area contributed by atoms with Crippen LogP contribution >= 0.6 is 0 Å². The number of hydrogen-bond donors (Lipinski definition) is 2. The van der Waals surface area contributed by atoms with Gasteiger partial charge in [0.05, 0.1) is 17.2 Å². The van der Waals surface area contributed by atoms with E-state index in [4.69, 9.17) is 5.73 Å². The number of rotatable bonds is 4. The molecule has 1 aliphatic rings. The van der Waals surface area contributed by atoms with Gasteiger partial charge in [0.2, 0.25) is 0 Å². The average molecular weight is 284 g/mol. The zero-order valence-corrected chi connectivity index (χ0v) is 12.0. The Morgan fingerprint density at radius 3 is 2.71 bits per heavy atom. The van der Waals surface area contributed by atoms with Crippen molar-refractivity contribution in [1.29, 1.82) is 0 Å². The van der Waals surface area contributed by atoms with Crippen molar-refractivity contribution >= 4 is 16.9 Å². The van der Waals surface area contributed by atoms with Gasteiger partial charge < -0.3 is 11.1 Å². The predicted molar refractivity (Wildman–Crippen MR) is 81.8 cm³/mol. The van der Waals surface area contributed by atoms with E-state index >= 15 is 0 Å². The van der Waals surface area contributed by atoms with Crippen LogP contribution in [-0.4, -0.2) is 28.5 Å². The largest absolute Gasteiger partial charge is 0.346 e. The molecule has 0 spiro atoms. The van der Waals surface area contributed by atoms with Crippen LogP contribution in [0.25, 0.3) is 11.0 Å². The van der Waals surface area contributed by atoms with Crippen LogP contribution in [0.1, 0.15) is 36.2 Å². The molecule has 5 nitrogen and oxygen atoms in total. The van der Waals surface area contributed by atoms with Crippen LogP contribution in [0.5, 0.6) is 0 Å². The third-order valence-corrected chi connectivity index (χ3v) is 4.22. The number of carbonyl (C=O) groups is 1. The highest BCUT2D eigenvalue weighted by atomic mass is 16.1. The molecule has 2 aromatic rings. The molecular formula is C16H20N4O. The smallest absolute Gasteiger partial charge is 0.271 e. The maximum absolute atomic E-state index is 12.3. The van der Waals surface area contributed by atoms with Crippen molar-refractivity contribution in [3.8, 4) is 0 Å². The van der Waals surface area contributed by atoms with Gasteiger partial charge in [-0.15, -0.1) is 0 Å². The summed E-state index contributed by atoms with van der Waals surface area (Å²) in [5, 5.41) is 3.02. The van der Waals surface area contributed by atoms with Crippen molar-refractivity contribution < 1.29 is 4.79 Å². The van der Waals surface area contributed by atoms with Crippen LogP contribution in [0.15, 0.2) is 30.5 Å². The molecule has 3 rings (SSSR count). The Morgan fingerprint density at radius 1 is 1.29 bits per heavy atom. The first kappa shape index (κ1) is 13.9. The molecule has 5 heteroatoms. The van der Waals surface area contributed by atoms with E-state index in [9.17, 15) is 4.79 Å². The van der Waals surface area contributed by atoms with Crippen LogP contribution in [0, 0.1) is 5.92 Å². The molecule has 1 aromatic carbocycles.